The Morgan fingerprint density at radius 2 is 1.71 bits per heavy atom. The molecule has 0 aliphatic heterocycles. The zero-order chi connectivity index (χ0) is 30.7. The van der Waals surface area contributed by atoms with Crippen LogP contribution in [0.15, 0.2) is 30.3 Å². The molecule has 2 atom stereocenters. The number of hydrogen-bond donors (Lipinski definition) is 4. The Morgan fingerprint density at radius 3 is 2.22 bits per heavy atom. The van der Waals surface area contributed by atoms with Crippen molar-refractivity contribution < 1.29 is 32.9 Å². The first-order chi connectivity index (χ1) is 19.2. The molecule has 10 nitrogen and oxygen atoms in total. The molecule has 0 radical (unpaired) electrons. The molecule has 0 unspecified atom stereocenters. The summed E-state index contributed by atoms with van der Waals surface area (Å²) in [5, 5.41) is 28.8. The van der Waals surface area contributed by atoms with Crippen molar-refractivity contribution in [3.8, 4) is 11.3 Å². The van der Waals surface area contributed by atoms with Crippen LogP contribution in [0.25, 0.3) is 17.3 Å². The zero-order valence-electron chi connectivity index (χ0n) is 24.2. The van der Waals surface area contributed by atoms with Crippen LogP contribution in [0.1, 0.15) is 82.4 Å². The summed E-state index contributed by atoms with van der Waals surface area (Å²) in [4.78, 5) is 19.6. The van der Waals surface area contributed by atoms with Crippen LogP contribution in [-0.4, -0.2) is 71.2 Å². The van der Waals surface area contributed by atoms with E-state index in [1.807, 2.05) is 13.8 Å². The molecule has 1 aromatic carbocycles. The average molecular weight is 595 g/mol. The number of benzene rings is 1. The molecule has 0 amide bonds. The van der Waals surface area contributed by atoms with Gasteiger partial charge in [0.1, 0.15) is 5.82 Å². The summed E-state index contributed by atoms with van der Waals surface area (Å²) in [7, 11) is -2.33. The fraction of sp³-hybridized carbons (Fsp3) is 0.552. The van der Waals surface area contributed by atoms with Gasteiger partial charge in [0.2, 0.25) is 16.0 Å². The van der Waals surface area contributed by atoms with Gasteiger partial charge < -0.3 is 21.1 Å². The maximum absolute atomic E-state index is 13.5. The second-order valence-electron chi connectivity index (χ2n) is 10.7. The van der Waals surface area contributed by atoms with Crippen molar-refractivity contribution in [2.75, 3.05) is 17.6 Å². The van der Waals surface area contributed by atoms with Crippen LogP contribution < -0.4 is 10.0 Å². The van der Waals surface area contributed by atoms with E-state index < -0.39 is 40.4 Å². The molecule has 228 valence electrons. The van der Waals surface area contributed by atoms with E-state index in [2.05, 4.69) is 9.97 Å². The van der Waals surface area contributed by atoms with Crippen LogP contribution in [0.4, 0.5) is 10.3 Å². The van der Waals surface area contributed by atoms with E-state index in [-0.39, 0.29) is 18.3 Å². The molecular weight excluding hydrogens is 551 g/mol. The van der Waals surface area contributed by atoms with Gasteiger partial charge in [-0.15, -0.1) is 0 Å². The maximum atomic E-state index is 13.5. The Hall–Kier alpha value is -2.93. The van der Waals surface area contributed by atoms with Gasteiger partial charge in [-0.2, -0.15) is 0 Å². The Kier molecular flexibility index (Phi) is 13.3. The number of halogens is 1. The summed E-state index contributed by atoms with van der Waals surface area (Å²) in [6.07, 6.45) is 8.93. The molecule has 1 aromatic heterocycles. The number of aliphatic hydroxyl groups is 2. The van der Waals surface area contributed by atoms with Gasteiger partial charge in [-0.25, -0.2) is 27.1 Å². The van der Waals surface area contributed by atoms with Crippen molar-refractivity contribution in [2.24, 2.45) is 5.73 Å². The van der Waals surface area contributed by atoms with Crippen LogP contribution in [0, 0.1) is 5.82 Å². The van der Waals surface area contributed by atoms with Gasteiger partial charge in [-0.1, -0.05) is 51.7 Å². The van der Waals surface area contributed by atoms with Gasteiger partial charge >= 0.3 is 5.97 Å². The van der Waals surface area contributed by atoms with E-state index in [0.717, 1.165) is 10.6 Å². The first-order valence-electron chi connectivity index (χ1n) is 13.8. The van der Waals surface area contributed by atoms with Gasteiger partial charge in [-0.05, 0) is 43.0 Å². The van der Waals surface area contributed by atoms with Crippen molar-refractivity contribution in [3.05, 3.63) is 47.4 Å². The second-order valence-corrected chi connectivity index (χ2v) is 12.7. The molecule has 0 spiro atoms. The number of hydrogen-bond acceptors (Lipinski definition) is 8. The highest BCUT2D eigenvalue weighted by Crippen LogP contribution is 2.31. The summed E-state index contributed by atoms with van der Waals surface area (Å²) in [6, 6.07) is 6.01. The third-order valence-electron chi connectivity index (χ3n) is 6.72. The summed E-state index contributed by atoms with van der Waals surface area (Å²) in [6.45, 7) is 3.71. The highest BCUT2D eigenvalue weighted by molar-refractivity contribution is 7.92. The smallest absolute Gasteiger partial charge is 0.305 e. The van der Waals surface area contributed by atoms with Crippen LogP contribution in [0.2, 0.25) is 0 Å². The molecule has 12 heteroatoms. The van der Waals surface area contributed by atoms with Crippen LogP contribution in [0.5, 0.6) is 0 Å². The normalized spacial score (nSPS) is 16.1. The number of carbonyl (C=O) groups is 1. The molecule has 0 saturated heterocycles. The Bertz CT molecular complexity index is 1260. The van der Waals surface area contributed by atoms with Crippen molar-refractivity contribution >= 4 is 28.0 Å². The SMILES string of the molecule is CC(C)c1nc(N(C)S(C)(=O)=O)nc(-c2ccc(F)cc2)c1/C=C/[C@@H](O)C[C@@H](O)CC(=O)O.NC1CCCCCC1. The summed E-state index contributed by atoms with van der Waals surface area (Å²) < 4.78 is 38.6. The van der Waals surface area contributed by atoms with Gasteiger partial charge in [-0.3, -0.25) is 4.79 Å². The predicted molar refractivity (Wildman–Crippen MR) is 158 cm³/mol. The number of rotatable bonds is 10. The second kappa shape index (κ2) is 15.9. The lowest BCUT2D eigenvalue weighted by molar-refractivity contribution is -0.139. The van der Waals surface area contributed by atoms with Crippen molar-refractivity contribution in [1.29, 1.82) is 0 Å². The standard InChI is InChI=1S/C22H28FN3O6S.C7H15N/c1-13(2)20-18(10-9-16(27)11-17(28)12-19(29)30)21(14-5-7-15(23)8-6-14)25-22(24-20)26(3)33(4,31)32;8-7-5-3-1-2-4-6-7/h5-10,13,16-17,27-28H,11-12H2,1-4H3,(H,29,30);7H,1-6,8H2/b10-9+;/t16-,17-;/m1./s1. The molecule has 3 rings (SSSR count). The predicted octanol–water partition coefficient (Wildman–Crippen LogP) is 4.07. The Balaban J connectivity index is 0.000000629. The number of anilines is 1. The molecule has 41 heavy (non-hydrogen) atoms. The lowest BCUT2D eigenvalue weighted by atomic mass is 9.97. The van der Waals surface area contributed by atoms with Crippen molar-refractivity contribution in [2.45, 2.75) is 89.4 Å². The van der Waals surface area contributed by atoms with Crippen LogP contribution in [0.3, 0.4) is 0 Å². The van der Waals surface area contributed by atoms with E-state index in [1.54, 1.807) is 0 Å². The Labute approximate surface area is 242 Å². The van der Waals surface area contributed by atoms with Crippen LogP contribution >= 0.6 is 0 Å². The molecule has 1 saturated carbocycles. The molecule has 1 fully saturated rings. The lowest BCUT2D eigenvalue weighted by Crippen LogP contribution is -2.27. The number of sulfonamides is 1. The summed E-state index contributed by atoms with van der Waals surface area (Å²) in [5.41, 5.74) is 7.54. The number of carboxylic acid groups (broad SMARTS) is 1. The van der Waals surface area contributed by atoms with E-state index in [1.165, 1.54) is 82.0 Å². The van der Waals surface area contributed by atoms with Gasteiger partial charge in [0.15, 0.2) is 0 Å². The lowest BCUT2D eigenvalue weighted by Gasteiger charge is -2.20. The van der Waals surface area contributed by atoms with Crippen molar-refractivity contribution in [3.63, 3.8) is 0 Å². The summed E-state index contributed by atoms with van der Waals surface area (Å²) in [5.74, 6) is -1.87. The van der Waals surface area contributed by atoms with E-state index in [4.69, 9.17) is 10.8 Å². The number of aliphatic carboxylic acids is 1. The minimum atomic E-state index is -3.65. The third-order valence-corrected chi connectivity index (χ3v) is 7.87. The molecule has 1 aliphatic rings. The van der Waals surface area contributed by atoms with Gasteiger partial charge in [0.05, 0.1) is 36.3 Å². The molecule has 2 aromatic rings. The Morgan fingerprint density at radius 1 is 1.12 bits per heavy atom. The number of aliphatic hydroxyl groups excluding tert-OH is 2. The fourth-order valence-electron chi connectivity index (χ4n) is 4.36. The number of nitrogens with zero attached hydrogens (tertiary/aromatic N) is 3. The van der Waals surface area contributed by atoms with Crippen molar-refractivity contribution in [1.82, 2.24) is 9.97 Å². The number of aromatic nitrogens is 2. The molecule has 1 aliphatic carbocycles. The molecule has 0 bridgehead atoms. The minimum absolute atomic E-state index is 0.0601. The summed E-state index contributed by atoms with van der Waals surface area (Å²) >= 11 is 0. The molecule has 1 heterocycles. The largest absolute Gasteiger partial charge is 0.481 e. The first-order valence-corrected chi connectivity index (χ1v) is 15.7. The van der Waals surface area contributed by atoms with Gasteiger partial charge in [0, 0.05) is 30.6 Å². The highest BCUT2D eigenvalue weighted by Gasteiger charge is 2.22. The minimum Gasteiger partial charge on any atom is -0.481 e. The topological polar surface area (TPSA) is 167 Å². The number of carboxylic acids is 1. The van der Waals surface area contributed by atoms with E-state index in [0.29, 0.717) is 28.6 Å². The van der Waals surface area contributed by atoms with E-state index >= 15 is 0 Å². The first kappa shape index (κ1) is 34.3. The number of nitrogens with two attached hydrogens (primary N) is 1. The average Bonchev–Trinajstić information content (AvgIpc) is 3.13. The quantitative estimate of drug-likeness (QED) is 0.297. The maximum Gasteiger partial charge on any atom is 0.305 e. The third kappa shape index (κ3) is 11.5. The fourth-order valence-corrected chi connectivity index (χ4v) is 4.73. The zero-order valence-corrected chi connectivity index (χ0v) is 25.0. The van der Waals surface area contributed by atoms with Crippen LogP contribution in [-0.2, 0) is 14.8 Å². The highest BCUT2D eigenvalue weighted by atomic mass is 32.2. The van der Waals surface area contributed by atoms with E-state index in [9.17, 15) is 27.8 Å². The molecular formula is C29H43FN4O6S. The molecule has 5 N–H and O–H groups in total. The van der Waals surface area contributed by atoms with Gasteiger partial charge in [0.25, 0.3) is 0 Å². The monoisotopic (exact) mass is 594 g/mol.